The Kier molecular flexibility index (Phi) is 3.74. The molecule has 6 heteroatoms. The Hall–Kier alpha value is -3.28. The van der Waals surface area contributed by atoms with E-state index in [0.717, 1.165) is 5.56 Å². The highest BCUT2D eigenvalue weighted by atomic mass is 16.3. The molecule has 0 saturated carbocycles. The lowest BCUT2D eigenvalue weighted by atomic mass is 10.1. The van der Waals surface area contributed by atoms with Crippen LogP contribution in [0.25, 0.3) is 11.3 Å². The topological polar surface area (TPSA) is 97.3 Å². The zero-order chi connectivity index (χ0) is 15.4. The van der Waals surface area contributed by atoms with E-state index < -0.39 is 0 Å². The SMILES string of the molecule is N/N=C(\c1cccc(O)c1)c1nncc(-c2ccccc2)n1. The van der Waals surface area contributed by atoms with Gasteiger partial charge in [-0.2, -0.15) is 10.2 Å². The van der Waals surface area contributed by atoms with E-state index in [4.69, 9.17) is 5.84 Å². The Balaban J connectivity index is 2.04. The second-order valence-electron chi connectivity index (χ2n) is 4.56. The van der Waals surface area contributed by atoms with Crippen LogP contribution < -0.4 is 5.84 Å². The van der Waals surface area contributed by atoms with Crippen LogP contribution in [0.3, 0.4) is 0 Å². The number of aromatic nitrogens is 3. The van der Waals surface area contributed by atoms with Gasteiger partial charge in [0, 0.05) is 11.1 Å². The fraction of sp³-hybridized carbons (Fsp3) is 0. The summed E-state index contributed by atoms with van der Waals surface area (Å²) < 4.78 is 0. The van der Waals surface area contributed by atoms with Crippen LogP contribution in [0.5, 0.6) is 5.75 Å². The van der Waals surface area contributed by atoms with Crippen LogP contribution in [0.4, 0.5) is 0 Å². The van der Waals surface area contributed by atoms with Crippen molar-refractivity contribution in [1.82, 2.24) is 15.2 Å². The molecular weight excluding hydrogens is 278 g/mol. The van der Waals surface area contributed by atoms with E-state index in [1.54, 1.807) is 30.5 Å². The lowest BCUT2D eigenvalue weighted by molar-refractivity contribution is 0.475. The number of phenolic OH excluding ortho intramolecular Hbond substituents is 1. The molecule has 0 amide bonds. The Morgan fingerprint density at radius 2 is 1.86 bits per heavy atom. The van der Waals surface area contributed by atoms with E-state index in [1.165, 1.54) is 0 Å². The summed E-state index contributed by atoms with van der Waals surface area (Å²) in [4.78, 5) is 4.45. The number of hydrogen-bond donors (Lipinski definition) is 2. The van der Waals surface area contributed by atoms with Crippen LogP contribution in [0, 0.1) is 0 Å². The number of nitrogens with zero attached hydrogens (tertiary/aromatic N) is 4. The third-order valence-corrected chi connectivity index (χ3v) is 3.09. The lowest BCUT2D eigenvalue weighted by Crippen LogP contribution is -2.12. The van der Waals surface area contributed by atoms with Gasteiger partial charge in [0.1, 0.15) is 11.5 Å². The average Bonchev–Trinajstić information content (AvgIpc) is 2.57. The zero-order valence-electron chi connectivity index (χ0n) is 11.6. The molecule has 0 aliphatic carbocycles. The second-order valence-corrected chi connectivity index (χ2v) is 4.56. The molecule has 3 aromatic rings. The predicted octanol–water partition coefficient (Wildman–Crippen LogP) is 1.96. The fourth-order valence-corrected chi connectivity index (χ4v) is 2.07. The van der Waals surface area contributed by atoms with E-state index in [2.05, 4.69) is 20.3 Å². The van der Waals surface area contributed by atoms with Gasteiger partial charge in [0.05, 0.1) is 11.9 Å². The molecule has 3 rings (SSSR count). The monoisotopic (exact) mass is 291 g/mol. The third-order valence-electron chi connectivity index (χ3n) is 3.09. The molecule has 108 valence electrons. The molecular formula is C16H13N5O. The van der Waals surface area contributed by atoms with Crippen molar-refractivity contribution in [2.45, 2.75) is 0 Å². The molecule has 6 nitrogen and oxygen atoms in total. The highest BCUT2D eigenvalue weighted by Crippen LogP contribution is 2.17. The Morgan fingerprint density at radius 3 is 2.59 bits per heavy atom. The van der Waals surface area contributed by atoms with E-state index in [9.17, 15) is 5.11 Å². The number of benzene rings is 2. The first kappa shape index (κ1) is 13.7. The summed E-state index contributed by atoms with van der Waals surface area (Å²) in [6.45, 7) is 0. The van der Waals surface area contributed by atoms with Crippen LogP contribution in [-0.4, -0.2) is 26.0 Å². The highest BCUT2D eigenvalue weighted by molar-refractivity contribution is 6.10. The maximum absolute atomic E-state index is 9.58. The van der Waals surface area contributed by atoms with Crippen molar-refractivity contribution < 1.29 is 5.11 Å². The summed E-state index contributed by atoms with van der Waals surface area (Å²) in [5, 5.41) is 21.3. The first-order chi connectivity index (χ1) is 10.8. The molecule has 0 fully saturated rings. The summed E-state index contributed by atoms with van der Waals surface area (Å²) in [6, 6.07) is 16.2. The smallest absolute Gasteiger partial charge is 0.203 e. The lowest BCUT2D eigenvalue weighted by Gasteiger charge is -2.06. The Labute approximate surface area is 127 Å². The normalized spacial score (nSPS) is 11.4. The van der Waals surface area contributed by atoms with Crippen molar-refractivity contribution in [3.05, 3.63) is 72.2 Å². The Morgan fingerprint density at radius 1 is 1.05 bits per heavy atom. The first-order valence-electron chi connectivity index (χ1n) is 6.61. The van der Waals surface area contributed by atoms with E-state index in [0.29, 0.717) is 22.8 Å². The summed E-state index contributed by atoms with van der Waals surface area (Å²) in [7, 11) is 0. The van der Waals surface area contributed by atoms with Crippen LogP contribution >= 0.6 is 0 Å². The summed E-state index contributed by atoms with van der Waals surface area (Å²) in [5.41, 5.74) is 2.58. The van der Waals surface area contributed by atoms with Crippen LogP contribution in [0.2, 0.25) is 0 Å². The van der Waals surface area contributed by atoms with E-state index in [-0.39, 0.29) is 5.75 Å². The molecule has 3 N–H and O–H groups in total. The minimum atomic E-state index is 0.117. The maximum atomic E-state index is 9.58. The first-order valence-corrected chi connectivity index (χ1v) is 6.61. The van der Waals surface area contributed by atoms with Crippen molar-refractivity contribution in [1.29, 1.82) is 0 Å². The molecule has 0 bridgehead atoms. The van der Waals surface area contributed by atoms with Crippen LogP contribution in [-0.2, 0) is 0 Å². The van der Waals surface area contributed by atoms with Crippen molar-refractivity contribution >= 4 is 5.71 Å². The zero-order valence-corrected chi connectivity index (χ0v) is 11.6. The molecule has 1 aromatic heterocycles. The Bertz CT molecular complexity index is 818. The van der Waals surface area contributed by atoms with E-state index >= 15 is 0 Å². The molecule has 0 spiro atoms. The number of phenols is 1. The van der Waals surface area contributed by atoms with Gasteiger partial charge in [-0.25, -0.2) is 4.98 Å². The standard InChI is InChI=1S/C16H13N5O/c17-20-15(12-7-4-8-13(22)9-12)16-19-14(10-18-21-16)11-5-2-1-3-6-11/h1-10,22H,17H2/b20-15+. The van der Waals surface area contributed by atoms with Gasteiger partial charge in [-0.15, -0.1) is 5.10 Å². The molecule has 0 saturated heterocycles. The van der Waals surface area contributed by atoms with Gasteiger partial charge < -0.3 is 10.9 Å². The van der Waals surface area contributed by atoms with Crippen molar-refractivity contribution in [3.8, 4) is 17.0 Å². The maximum Gasteiger partial charge on any atom is 0.203 e. The number of hydrogen-bond acceptors (Lipinski definition) is 6. The molecule has 22 heavy (non-hydrogen) atoms. The quantitative estimate of drug-likeness (QED) is 0.437. The molecule has 0 unspecified atom stereocenters. The summed E-state index contributed by atoms with van der Waals surface area (Å²) in [5.74, 6) is 5.89. The molecule has 0 aliphatic heterocycles. The number of rotatable bonds is 3. The fourth-order valence-electron chi connectivity index (χ4n) is 2.07. The summed E-state index contributed by atoms with van der Waals surface area (Å²) >= 11 is 0. The third kappa shape index (κ3) is 2.76. The number of aromatic hydroxyl groups is 1. The molecule has 0 radical (unpaired) electrons. The van der Waals surface area contributed by atoms with E-state index in [1.807, 2.05) is 30.3 Å². The van der Waals surface area contributed by atoms with Crippen molar-refractivity contribution in [2.75, 3.05) is 0 Å². The van der Waals surface area contributed by atoms with Gasteiger partial charge in [0.15, 0.2) is 0 Å². The van der Waals surface area contributed by atoms with Gasteiger partial charge in [-0.1, -0.05) is 42.5 Å². The van der Waals surface area contributed by atoms with Gasteiger partial charge in [-0.05, 0) is 12.1 Å². The van der Waals surface area contributed by atoms with Crippen LogP contribution in [0.15, 0.2) is 65.9 Å². The average molecular weight is 291 g/mol. The molecule has 0 atom stereocenters. The second kappa shape index (κ2) is 6.01. The van der Waals surface area contributed by atoms with Crippen molar-refractivity contribution in [3.63, 3.8) is 0 Å². The minimum absolute atomic E-state index is 0.117. The molecule has 0 aliphatic rings. The number of hydrazone groups is 1. The summed E-state index contributed by atoms with van der Waals surface area (Å²) in [6.07, 6.45) is 1.58. The minimum Gasteiger partial charge on any atom is -0.508 e. The molecule has 1 heterocycles. The highest BCUT2D eigenvalue weighted by Gasteiger charge is 2.13. The number of nitrogens with two attached hydrogens (primary N) is 1. The predicted molar refractivity (Wildman–Crippen MR) is 83.2 cm³/mol. The van der Waals surface area contributed by atoms with Gasteiger partial charge in [0.2, 0.25) is 5.82 Å². The van der Waals surface area contributed by atoms with Crippen molar-refractivity contribution in [2.24, 2.45) is 10.9 Å². The van der Waals surface area contributed by atoms with Gasteiger partial charge in [0.25, 0.3) is 0 Å². The molecule has 2 aromatic carbocycles. The largest absolute Gasteiger partial charge is 0.508 e. The van der Waals surface area contributed by atoms with Crippen LogP contribution in [0.1, 0.15) is 11.4 Å². The van der Waals surface area contributed by atoms with Gasteiger partial charge in [-0.3, -0.25) is 0 Å². The van der Waals surface area contributed by atoms with Gasteiger partial charge >= 0.3 is 0 Å².